The number of aliphatic hydroxyl groups excluding tert-OH is 1. The van der Waals surface area contributed by atoms with Crippen LogP contribution in [0, 0.1) is 12.3 Å². The molecule has 0 spiro atoms. The van der Waals surface area contributed by atoms with Crippen LogP contribution in [-0.2, 0) is 4.79 Å². The minimum atomic E-state index is -0.798. The maximum absolute atomic E-state index is 12.3. The fraction of sp³-hybridized carbons (Fsp3) is 0.400. The Balaban J connectivity index is 0.00000154. The van der Waals surface area contributed by atoms with Crippen molar-refractivity contribution in [2.24, 2.45) is 0 Å². The third kappa shape index (κ3) is 10.9. The van der Waals surface area contributed by atoms with E-state index in [-0.39, 0.29) is 24.6 Å². The van der Waals surface area contributed by atoms with Crippen molar-refractivity contribution >= 4 is 35.5 Å². The molecule has 2 rings (SSSR count). The van der Waals surface area contributed by atoms with E-state index in [1.807, 2.05) is 19.1 Å². The van der Waals surface area contributed by atoms with Crippen molar-refractivity contribution in [3.8, 4) is 5.75 Å². The van der Waals surface area contributed by atoms with Crippen LogP contribution in [0.2, 0.25) is 0 Å². The number of hydrogen-bond acceptors (Lipinski definition) is 7. The summed E-state index contributed by atoms with van der Waals surface area (Å²) in [6.07, 6.45) is 7.16. The third-order valence-electron chi connectivity index (χ3n) is 3.87. The van der Waals surface area contributed by atoms with Gasteiger partial charge in [-0.05, 0) is 69.4 Å². The Bertz CT molecular complexity index is 1070. The van der Waals surface area contributed by atoms with E-state index in [1.165, 1.54) is 36.2 Å². The maximum atomic E-state index is 12.3. The lowest BCUT2D eigenvalue weighted by molar-refractivity contribution is -0.117. The number of aliphatic hydroxyl groups is 1. The molecule has 2 aromatic rings. The highest BCUT2D eigenvalue weighted by Gasteiger charge is 2.23. The smallest absolute Gasteiger partial charge is 0.266 e. The number of benzene rings is 1. The number of thiazole rings is 1. The van der Waals surface area contributed by atoms with Crippen molar-refractivity contribution in [1.29, 1.82) is 5.41 Å². The summed E-state index contributed by atoms with van der Waals surface area (Å²) in [4.78, 5) is 27.3. The van der Waals surface area contributed by atoms with E-state index in [0.29, 0.717) is 14.9 Å². The van der Waals surface area contributed by atoms with Crippen LogP contribution in [0.4, 0.5) is 0 Å². The van der Waals surface area contributed by atoms with Gasteiger partial charge in [-0.25, -0.2) is 0 Å². The second-order valence-corrected chi connectivity index (χ2v) is 8.59. The van der Waals surface area contributed by atoms with Crippen molar-refractivity contribution in [3.05, 3.63) is 61.7 Å². The summed E-state index contributed by atoms with van der Waals surface area (Å²) >= 11 is 1.22. The van der Waals surface area contributed by atoms with Crippen molar-refractivity contribution in [2.45, 2.75) is 53.5 Å². The molecule has 0 aliphatic carbocycles. The van der Waals surface area contributed by atoms with E-state index in [4.69, 9.17) is 15.3 Å². The first-order valence-electron chi connectivity index (χ1n) is 10.7. The van der Waals surface area contributed by atoms with Gasteiger partial charge in [0.25, 0.3) is 5.56 Å². The number of aromatic amines is 1. The average Bonchev–Trinajstić information content (AvgIpc) is 3.07. The van der Waals surface area contributed by atoms with Gasteiger partial charge in [0, 0.05) is 6.08 Å². The zero-order valence-electron chi connectivity index (χ0n) is 20.5. The predicted molar refractivity (Wildman–Crippen MR) is 139 cm³/mol. The lowest BCUT2D eigenvalue weighted by Crippen LogP contribution is -2.43. The number of carbonyl (C=O) groups excluding carboxylic acids is 1. The van der Waals surface area contributed by atoms with Crippen LogP contribution in [0.1, 0.15) is 52.2 Å². The Morgan fingerprint density at radius 3 is 2.48 bits per heavy atom. The molecule has 0 bridgehead atoms. The Labute approximate surface area is 200 Å². The summed E-state index contributed by atoms with van der Waals surface area (Å²) in [7, 11) is 0. The second kappa shape index (κ2) is 15.8. The minimum Gasteiger partial charge on any atom is -0.491 e. The normalized spacial score (nSPS) is 11.5. The molecule has 0 unspecified atom stereocenters. The molecule has 0 aliphatic heterocycles. The van der Waals surface area contributed by atoms with Crippen LogP contribution in [0.3, 0.4) is 0 Å². The molecule has 1 aromatic heterocycles. The highest BCUT2D eigenvalue weighted by Crippen LogP contribution is 2.19. The Hall–Kier alpha value is -2.97. The van der Waals surface area contributed by atoms with E-state index < -0.39 is 5.54 Å². The predicted octanol–water partition coefficient (Wildman–Crippen LogP) is 2.88. The van der Waals surface area contributed by atoms with Crippen LogP contribution >= 0.6 is 11.3 Å². The lowest BCUT2D eigenvalue weighted by Gasteiger charge is -2.21. The summed E-state index contributed by atoms with van der Waals surface area (Å²) in [5, 5.41) is 17.8. The Kier molecular flexibility index (Phi) is 14.4. The van der Waals surface area contributed by atoms with Gasteiger partial charge in [-0.2, -0.15) is 0 Å². The van der Waals surface area contributed by atoms with Gasteiger partial charge in [0.15, 0.2) is 5.78 Å². The number of nitrogens with one attached hydrogen (secondary N) is 3. The zero-order chi connectivity index (χ0) is 25.4. The molecular weight excluding hydrogens is 438 g/mol. The SMILES string of the molecule is C=CNC(C)(C)C(=O)/C=c1\[nH]c(=O)/c(=C/c2ccc(OCCO)c(C)c2)s1.CC=N.CCC. The maximum Gasteiger partial charge on any atom is 0.266 e. The summed E-state index contributed by atoms with van der Waals surface area (Å²) in [6, 6.07) is 5.54. The first-order valence-corrected chi connectivity index (χ1v) is 11.6. The van der Waals surface area contributed by atoms with Gasteiger partial charge in [-0.1, -0.05) is 32.9 Å². The fourth-order valence-electron chi connectivity index (χ4n) is 2.38. The van der Waals surface area contributed by atoms with Crippen molar-refractivity contribution < 1.29 is 14.6 Å². The molecule has 0 amide bonds. The number of Topliss-reactive ketones (excluding diaryl/α,β-unsaturated/α-hetero) is 1. The number of hydrogen-bond donors (Lipinski definition) is 4. The van der Waals surface area contributed by atoms with Gasteiger partial charge >= 0.3 is 0 Å². The van der Waals surface area contributed by atoms with E-state index in [1.54, 1.807) is 32.9 Å². The molecule has 0 aliphatic rings. The number of ketones is 1. The summed E-state index contributed by atoms with van der Waals surface area (Å²) in [5.41, 5.74) is 0.715. The van der Waals surface area contributed by atoms with Crippen LogP contribution in [0.25, 0.3) is 12.2 Å². The molecule has 0 fully saturated rings. The Morgan fingerprint density at radius 2 is 1.97 bits per heavy atom. The topological polar surface area (TPSA) is 115 Å². The standard InChI is InChI=1S/C20H24N2O4S.C3H8.C2H5N/c1-5-21-20(3,4)17(24)12-18-22-19(25)16(27-18)11-14-6-7-15(13(2)10-14)26-9-8-23;1-3-2;1-2-3/h5-7,10-12,21,23H,1,8-9H2,2-4H3,(H,22,25);3H2,1-2H3;2-3H,1H3/b16-11-,18-12+;;. The number of carbonyl (C=O) groups is 1. The molecule has 7 nitrogen and oxygen atoms in total. The number of aromatic nitrogens is 1. The molecule has 0 saturated heterocycles. The molecule has 8 heteroatoms. The highest BCUT2D eigenvalue weighted by atomic mass is 32.1. The first-order chi connectivity index (χ1) is 15.6. The van der Waals surface area contributed by atoms with Crippen molar-refractivity contribution in [2.75, 3.05) is 13.2 Å². The van der Waals surface area contributed by atoms with E-state index in [0.717, 1.165) is 11.1 Å². The van der Waals surface area contributed by atoms with Crippen LogP contribution in [-0.4, -0.2) is 40.8 Å². The van der Waals surface area contributed by atoms with Crippen LogP contribution in [0.5, 0.6) is 5.75 Å². The van der Waals surface area contributed by atoms with E-state index >= 15 is 0 Å². The molecule has 4 N–H and O–H groups in total. The average molecular weight is 476 g/mol. The number of aryl methyl sites for hydroxylation is 1. The molecule has 0 atom stereocenters. The largest absolute Gasteiger partial charge is 0.491 e. The van der Waals surface area contributed by atoms with Crippen LogP contribution in [0.15, 0.2) is 35.8 Å². The van der Waals surface area contributed by atoms with Crippen molar-refractivity contribution in [1.82, 2.24) is 10.3 Å². The molecular formula is C25H37N3O4S. The molecule has 182 valence electrons. The van der Waals surface area contributed by atoms with Crippen LogP contribution < -0.4 is 24.8 Å². The first kappa shape index (κ1) is 30.0. The molecule has 0 saturated carbocycles. The van der Waals surface area contributed by atoms with Crippen molar-refractivity contribution in [3.63, 3.8) is 0 Å². The lowest BCUT2D eigenvalue weighted by atomic mass is 10.00. The second-order valence-electron chi connectivity index (χ2n) is 7.50. The monoisotopic (exact) mass is 475 g/mol. The molecule has 1 aromatic carbocycles. The van der Waals surface area contributed by atoms with Gasteiger partial charge < -0.3 is 25.6 Å². The Morgan fingerprint density at radius 1 is 1.36 bits per heavy atom. The zero-order valence-corrected chi connectivity index (χ0v) is 21.3. The molecule has 33 heavy (non-hydrogen) atoms. The molecule has 1 heterocycles. The summed E-state index contributed by atoms with van der Waals surface area (Å²) in [5.74, 6) is 0.533. The molecule has 0 radical (unpaired) electrons. The number of H-pyrrole nitrogens is 1. The summed E-state index contributed by atoms with van der Waals surface area (Å²) < 4.78 is 6.43. The third-order valence-corrected chi connectivity index (χ3v) is 4.83. The number of ether oxygens (including phenoxy) is 1. The van der Waals surface area contributed by atoms with Gasteiger partial charge in [0.2, 0.25) is 0 Å². The van der Waals surface area contributed by atoms with Gasteiger partial charge in [0.05, 0.1) is 21.3 Å². The fourth-order valence-corrected chi connectivity index (χ4v) is 3.27. The highest BCUT2D eigenvalue weighted by molar-refractivity contribution is 7.07. The van der Waals surface area contributed by atoms with E-state index in [9.17, 15) is 9.59 Å². The quantitative estimate of drug-likeness (QED) is 0.438. The van der Waals surface area contributed by atoms with Gasteiger partial charge in [0.1, 0.15) is 12.4 Å². The summed E-state index contributed by atoms with van der Waals surface area (Å²) in [6.45, 7) is 15.1. The van der Waals surface area contributed by atoms with Gasteiger partial charge in [-0.3, -0.25) is 9.59 Å². The van der Waals surface area contributed by atoms with E-state index in [2.05, 4.69) is 30.7 Å². The number of rotatable bonds is 8. The van der Waals surface area contributed by atoms with Gasteiger partial charge in [-0.15, -0.1) is 11.3 Å². The minimum absolute atomic E-state index is 0.0466.